The molecule has 0 radical (unpaired) electrons. The van der Waals surface area contributed by atoms with Crippen LogP contribution >= 0.6 is 34.8 Å². The Morgan fingerprint density at radius 3 is 2.46 bits per heavy atom. The first kappa shape index (κ1) is 25.6. The Bertz CT molecular complexity index is 2210. The van der Waals surface area contributed by atoms with Gasteiger partial charge in [-0.1, -0.05) is 71.2 Å². The second-order valence-electron chi connectivity index (χ2n) is 9.57. The van der Waals surface area contributed by atoms with Crippen molar-refractivity contribution in [2.75, 3.05) is 0 Å². The van der Waals surface area contributed by atoms with Crippen molar-refractivity contribution in [2.45, 2.75) is 6.54 Å². The van der Waals surface area contributed by atoms with Gasteiger partial charge in [-0.25, -0.2) is 4.98 Å². The highest BCUT2D eigenvalue weighted by Gasteiger charge is 2.17. The average molecular weight is 598 g/mol. The summed E-state index contributed by atoms with van der Waals surface area (Å²) in [7, 11) is 0. The Labute approximate surface area is 248 Å². The summed E-state index contributed by atoms with van der Waals surface area (Å²) in [6.07, 6.45) is 3.66. The highest BCUT2D eigenvalue weighted by Crippen LogP contribution is 2.30. The van der Waals surface area contributed by atoms with Gasteiger partial charge < -0.3 is 8.98 Å². The fourth-order valence-corrected chi connectivity index (χ4v) is 5.63. The molecule has 0 spiro atoms. The average Bonchev–Trinajstić information content (AvgIpc) is 3.55. The first-order valence-electron chi connectivity index (χ1n) is 12.7. The number of rotatable bonds is 5. The van der Waals surface area contributed by atoms with Gasteiger partial charge in [-0.3, -0.25) is 4.79 Å². The van der Waals surface area contributed by atoms with Crippen molar-refractivity contribution in [3.8, 4) is 11.6 Å². The summed E-state index contributed by atoms with van der Waals surface area (Å²) in [6.45, 7) is 0.536. The monoisotopic (exact) mass is 596 g/mol. The van der Waals surface area contributed by atoms with E-state index in [0.717, 1.165) is 27.4 Å². The number of benzene rings is 4. The van der Waals surface area contributed by atoms with Gasteiger partial charge in [0, 0.05) is 49.7 Å². The Hall–Kier alpha value is -4.36. The normalized spacial score (nSPS) is 11.9. The van der Waals surface area contributed by atoms with E-state index in [1.54, 1.807) is 48.7 Å². The van der Waals surface area contributed by atoms with Crippen molar-refractivity contribution < 1.29 is 4.42 Å². The highest BCUT2D eigenvalue weighted by molar-refractivity contribution is 6.35. The van der Waals surface area contributed by atoms with Crippen LogP contribution in [0.3, 0.4) is 0 Å². The molecule has 3 heterocycles. The maximum atomic E-state index is 13.7. The molecule has 41 heavy (non-hydrogen) atoms. The molecule has 0 aliphatic carbocycles. The van der Waals surface area contributed by atoms with E-state index in [-0.39, 0.29) is 11.4 Å². The van der Waals surface area contributed by atoms with Crippen LogP contribution in [0.4, 0.5) is 0 Å². The Kier molecular flexibility index (Phi) is 6.39. The highest BCUT2D eigenvalue weighted by atomic mass is 35.5. The minimum atomic E-state index is -0.308. The van der Waals surface area contributed by atoms with Crippen molar-refractivity contribution in [1.82, 2.24) is 14.2 Å². The van der Waals surface area contributed by atoms with Gasteiger partial charge in [-0.05, 0) is 60.2 Å². The third-order valence-corrected chi connectivity index (χ3v) is 7.76. The van der Waals surface area contributed by atoms with Crippen LogP contribution in [-0.4, -0.2) is 20.4 Å². The lowest BCUT2D eigenvalue weighted by atomic mass is 10.2. The number of para-hydroxylation sites is 2. The molecule has 200 valence electrons. The molecule has 0 amide bonds. The van der Waals surface area contributed by atoms with Gasteiger partial charge in [0.25, 0.3) is 5.56 Å². The zero-order valence-electron chi connectivity index (χ0n) is 21.3. The van der Waals surface area contributed by atoms with Crippen LogP contribution in [0.5, 0.6) is 0 Å². The van der Waals surface area contributed by atoms with Crippen LogP contribution in [-0.2, 0) is 6.54 Å². The van der Waals surface area contributed by atoms with Crippen LogP contribution in [0.15, 0.2) is 112 Å². The van der Waals surface area contributed by atoms with E-state index in [1.165, 1.54) is 4.68 Å². The summed E-state index contributed by atoms with van der Waals surface area (Å²) in [5.41, 5.74) is 3.63. The van der Waals surface area contributed by atoms with E-state index in [9.17, 15) is 4.79 Å². The molecule has 0 atom stereocenters. The molecule has 9 heteroatoms. The Balaban J connectivity index is 1.37. The fourth-order valence-electron chi connectivity index (χ4n) is 4.98. The second kappa shape index (κ2) is 10.2. The number of nitrogens with zero attached hydrogens (tertiary/aromatic N) is 4. The molecule has 0 bridgehead atoms. The fraction of sp³-hybridized carbons (Fsp3) is 0.0312. The number of halogens is 3. The molecule has 0 saturated carbocycles. The van der Waals surface area contributed by atoms with Crippen molar-refractivity contribution in [3.63, 3.8) is 0 Å². The zero-order valence-corrected chi connectivity index (χ0v) is 23.5. The van der Waals surface area contributed by atoms with Gasteiger partial charge in [-0.2, -0.15) is 9.78 Å². The lowest BCUT2D eigenvalue weighted by Crippen LogP contribution is -2.20. The Morgan fingerprint density at radius 2 is 1.61 bits per heavy atom. The quantitative estimate of drug-likeness (QED) is 0.187. The van der Waals surface area contributed by atoms with E-state index < -0.39 is 0 Å². The number of aromatic nitrogens is 3. The molecule has 0 aliphatic rings. The van der Waals surface area contributed by atoms with E-state index >= 15 is 0 Å². The predicted molar refractivity (Wildman–Crippen MR) is 167 cm³/mol. The van der Waals surface area contributed by atoms with Gasteiger partial charge in [0.1, 0.15) is 5.58 Å². The van der Waals surface area contributed by atoms with Crippen molar-refractivity contribution in [2.24, 2.45) is 5.10 Å². The van der Waals surface area contributed by atoms with Gasteiger partial charge in [0.05, 0.1) is 17.1 Å². The van der Waals surface area contributed by atoms with Crippen molar-refractivity contribution in [3.05, 3.63) is 134 Å². The van der Waals surface area contributed by atoms with Gasteiger partial charge in [0.15, 0.2) is 5.76 Å². The molecule has 6 nitrogen and oxygen atoms in total. The van der Waals surface area contributed by atoms with Gasteiger partial charge >= 0.3 is 0 Å². The van der Waals surface area contributed by atoms with Gasteiger partial charge in [-0.15, -0.1) is 0 Å². The van der Waals surface area contributed by atoms with Crippen molar-refractivity contribution >= 4 is 73.8 Å². The SMILES string of the molecule is O=c1c2ccccc2nc(-c2cc3cc(Cl)ccc3o2)n1N=Cc1cn(Cc2ccc(Cl)cc2Cl)c2ccccc12. The van der Waals surface area contributed by atoms with Gasteiger partial charge in [0.2, 0.25) is 5.82 Å². The van der Waals surface area contributed by atoms with E-state index in [4.69, 9.17) is 44.2 Å². The molecule has 7 rings (SSSR count). The molecular weight excluding hydrogens is 579 g/mol. The molecule has 0 saturated heterocycles. The molecule has 3 aromatic heterocycles. The topological polar surface area (TPSA) is 65.3 Å². The molecule has 0 aliphatic heterocycles. The van der Waals surface area contributed by atoms with Crippen LogP contribution in [0, 0.1) is 0 Å². The minimum absolute atomic E-state index is 0.286. The lowest BCUT2D eigenvalue weighted by Gasteiger charge is -2.08. The second-order valence-corrected chi connectivity index (χ2v) is 10.9. The van der Waals surface area contributed by atoms with E-state index in [2.05, 4.69) is 9.67 Å². The first-order valence-corrected chi connectivity index (χ1v) is 13.9. The number of furan rings is 1. The summed E-state index contributed by atoms with van der Waals surface area (Å²) in [5.74, 6) is 0.691. The lowest BCUT2D eigenvalue weighted by molar-refractivity contribution is 0.616. The van der Waals surface area contributed by atoms with Crippen LogP contribution in [0.2, 0.25) is 15.1 Å². The minimum Gasteiger partial charge on any atom is -0.453 e. The zero-order chi connectivity index (χ0) is 28.1. The third-order valence-electron chi connectivity index (χ3n) is 6.94. The molecule has 7 aromatic rings. The van der Waals surface area contributed by atoms with E-state index in [1.807, 2.05) is 54.7 Å². The molecule has 0 N–H and O–H groups in total. The Morgan fingerprint density at radius 1 is 0.854 bits per heavy atom. The maximum Gasteiger partial charge on any atom is 0.282 e. The molecular formula is C32H19Cl3N4O2. The van der Waals surface area contributed by atoms with Crippen LogP contribution < -0.4 is 5.56 Å². The first-order chi connectivity index (χ1) is 19.9. The van der Waals surface area contributed by atoms with E-state index in [0.29, 0.717) is 43.9 Å². The molecule has 4 aromatic carbocycles. The van der Waals surface area contributed by atoms with Crippen LogP contribution in [0.1, 0.15) is 11.1 Å². The summed E-state index contributed by atoms with van der Waals surface area (Å²) in [5, 5.41) is 8.65. The molecule has 0 fully saturated rings. The number of hydrogen-bond acceptors (Lipinski definition) is 4. The predicted octanol–water partition coefficient (Wildman–Crippen LogP) is 8.66. The third kappa shape index (κ3) is 4.70. The molecule has 0 unspecified atom stereocenters. The van der Waals surface area contributed by atoms with Crippen LogP contribution in [0.25, 0.3) is 44.4 Å². The standard InChI is InChI=1S/C32H19Cl3N4O2/c33-22-11-12-29-20(13-22)14-30(41-29)31-37-27-7-3-1-6-25(27)32(40)39(31)36-16-21-18-38(28-8-4-2-5-24(21)28)17-19-9-10-23(34)15-26(19)35/h1-16,18H,17H2. The number of hydrogen-bond donors (Lipinski definition) is 0. The summed E-state index contributed by atoms with van der Waals surface area (Å²) in [4.78, 5) is 18.5. The summed E-state index contributed by atoms with van der Waals surface area (Å²) >= 11 is 18.8. The smallest absolute Gasteiger partial charge is 0.282 e. The maximum absolute atomic E-state index is 13.7. The summed E-state index contributed by atoms with van der Waals surface area (Å²) < 4.78 is 9.46. The summed E-state index contributed by atoms with van der Waals surface area (Å²) in [6, 6.07) is 27.8. The van der Waals surface area contributed by atoms with Crippen molar-refractivity contribution in [1.29, 1.82) is 0 Å². The largest absolute Gasteiger partial charge is 0.453 e. The number of fused-ring (bicyclic) bond motifs is 3.